The Balaban J connectivity index is 4.60. The molecule has 0 heterocycles. The molecule has 2 N–H and O–H groups in total. The molecule has 0 aromatic carbocycles. The lowest BCUT2D eigenvalue weighted by Crippen LogP contribution is -1.90. The molecule has 0 fully saturated rings. The molecular formula is C12H19N. The molecule has 0 aromatic rings. The Morgan fingerprint density at radius 3 is 2.38 bits per heavy atom. The van der Waals surface area contributed by atoms with Crippen molar-refractivity contribution in [3.63, 3.8) is 0 Å². The molecule has 1 nitrogen and oxygen atoms in total. The van der Waals surface area contributed by atoms with Gasteiger partial charge in [-0.15, -0.1) is 0 Å². The van der Waals surface area contributed by atoms with Crippen molar-refractivity contribution in [3.8, 4) is 0 Å². The molecule has 0 aromatic heterocycles. The summed E-state index contributed by atoms with van der Waals surface area (Å²) in [7, 11) is 0. The van der Waals surface area contributed by atoms with Gasteiger partial charge in [0.1, 0.15) is 0 Å². The van der Waals surface area contributed by atoms with Crippen molar-refractivity contribution >= 4 is 0 Å². The van der Waals surface area contributed by atoms with Crippen molar-refractivity contribution in [2.45, 2.75) is 20.8 Å². The van der Waals surface area contributed by atoms with E-state index in [1.165, 1.54) is 5.57 Å². The third kappa shape index (κ3) is 5.07. The van der Waals surface area contributed by atoms with Crippen LogP contribution in [0.1, 0.15) is 20.8 Å². The van der Waals surface area contributed by atoms with Crippen molar-refractivity contribution < 1.29 is 0 Å². The van der Waals surface area contributed by atoms with Gasteiger partial charge >= 0.3 is 0 Å². The maximum Gasteiger partial charge on any atom is 0.00140 e. The van der Waals surface area contributed by atoms with E-state index in [1.54, 1.807) is 12.3 Å². The normalized spacial score (nSPS) is 14.2. The number of hydrogen-bond donors (Lipinski definition) is 1. The number of nitrogens with two attached hydrogens (primary N) is 1. The molecule has 1 heteroatoms. The molecule has 0 unspecified atom stereocenters. The van der Waals surface area contributed by atoms with Crippen LogP contribution in [0.2, 0.25) is 0 Å². The van der Waals surface area contributed by atoms with Gasteiger partial charge in [-0.05, 0) is 24.0 Å². The van der Waals surface area contributed by atoms with Gasteiger partial charge in [0.2, 0.25) is 0 Å². The Hall–Kier alpha value is -1.24. The largest absolute Gasteiger partial charge is 0.404 e. The van der Waals surface area contributed by atoms with Gasteiger partial charge in [-0.25, -0.2) is 0 Å². The summed E-state index contributed by atoms with van der Waals surface area (Å²) in [5, 5.41) is 0. The van der Waals surface area contributed by atoms with Crippen molar-refractivity contribution in [2.24, 2.45) is 11.7 Å². The van der Waals surface area contributed by atoms with Gasteiger partial charge in [0.25, 0.3) is 0 Å². The number of hydrogen-bond acceptors (Lipinski definition) is 1. The molecule has 72 valence electrons. The summed E-state index contributed by atoms with van der Waals surface area (Å²) in [6, 6.07) is 0. The zero-order valence-electron chi connectivity index (χ0n) is 8.75. The summed E-state index contributed by atoms with van der Waals surface area (Å²) < 4.78 is 0. The van der Waals surface area contributed by atoms with Crippen LogP contribution in [0, 0.1) is 5.92 Å². The molecule has 13 heavy (non-hydrogen) atoms. The second-order valence-electron chi connectivity index (χ2n) is 3.31. The Bertz CT molecular complexity index is 242. The number of rotatable bonds is 4. The van der Waals surface area contributed by atoms with E-state index < -0.39 is 0 Å². The van der Waals surface area contributed by atoms with Crippen molar-refractivity contribution in [2.75, 3.05) is 0 Å². The minimum atomic E-state index is 0.548. The average molecular weight is 177 g/mol. The van der Waals surface area contributed by atoms with Gasteiger partial charge in [-0.1, -0.05) is 44.7 Å². The molecule has 0 aliphatic heterocycles. The highest BCUT2D eigenvalue weighted by Gasteiger charge is 1.95. The molecule has 0 saturated carbocycles. The van der Waals surface area contributed by atoms with Crippen LogP contribution in [-0.4, -0.2) is 0 Å². The smallest absolute Gasteiger partial charge is 0.00140 e. The molecular weight excluding hydrogens is 158 g/mol. The SMILES string of the molecule is C=C\C=C/C(=C\N)C(/C)=C/C(C)C. The van der Waals surface area contributed by atoms with E-state index in [0.29, 0.717) is 5.92 Å². The Labute approximate surface area is 81.3 Å². The maximum absolute atomic E-state index is 5.50. The predicted octanol–water partition coefficient (Wildman–Crippen LogP) is 3.17. The van der Waals surface area contributed by atoms with Gasteiger partial charge in [0, 0.05) is 6.20 Å². The van der Waals surface area contributed by atoms with Crippen molar-refractivity contribution in [3.05, 3.63) is 48.2 Å². The van der Waals surface area contributed by atoms with Gasteiger partial charge in [-0.3, -0.25) is 0 Å². The molecule has 0 spiro atoms. The zero-order chi connectivity index (χ0) is 10.3. The predicted molar refractivity (Wildman–Crippen MR) is 60.2 cm³/mol. The van der Waals surface area contributed by atoms with E-state index in [0.717, 1.165) is 5.57 Å². The Morgan fingerprint density at radius 1 is 1.38 bits per heavy atom. The van der Waals surface area contributed by atoms with Crippen LogP contribution in [0.25, 0.3) is 0 Å². The summed E-state index contributed by atoms with van der Waals surface area (Å²) in [5.74, 6) is 0.548. The van der Waals surface area contributed by atoms with Gasteiger partial charge in [-0.2, -0.15) is 0 Å². The molecule has 0 radical (unpaired) electrons. The third-order valence-corrected chi connectivity index (χ3v) is 1.63. The highest BCUT2D eigenvalue weighted by atomic mass is 14.5. The summed E-state index contributed by atoms with van der Waals surface area (Å²) in [4.78, 5) is 0. The first-order valence-electron chi connectivity index (χ1n) is 4.51. The second-order valence-corrected chi connectivity index (χ2v) is 3.31. The quantitative estimate of drug-likeness (QED) is 0.656. The van der Waals surface area contributed by atoms with E-state index in [9.17, 15) is 0 Å². The van der Waals surface area contributed by atoms with E-state index >= 15 is 0 Å². The van der Waals surface area contributed by atoms with Crippen LogP contribution in [0.15, 0.2) is 48.2 Å². The van der Waals surface area contributed by atoms with Crippen molar-refractivity contribution in [1.29, 1.82) is 0 Å². The summed E-state index contributed by atoms with van der Waals surface area (Å²) in [6.07, 6.45) is 9.39. The monoisotopic (exact) mass is 177 g/mol. The van der Waals surface area contributed by atoms with Gasteiger partial charge in [0.15, 0.2) is 0 Å². The fraction of sp³-hybridized carbons (Fsp3) is 0.333. The lowest BCUT2D eigenvalue weighted by molar-refractivity contribution is 0.823. The minimum absolute atomic E-state index is 0.548. The van der Waals surface area contributed by atoms with E-state index in [2.05, 4.69) is 33.4 Å². The van der Waals surface area contributed by atoms with Crippen LogP contribution >= 0.6 is 0 Å². The summed E-state index contributed by atoms with van der Waals surface area (Å²) in [6.45, 7) is 9.97. The van der Waals surface area contributed by atoms with Gasteiger partial charge < -0.3 is 5.73 Å². The highest BCUT2D eigenvalue weighted by Crippen LogP contribution is 2.12. The lowest BCUT2D eigenvalue weighted by Gasteiger charge is -2.03. The number of allylic oxidation sites excluding steroid dienone is 6. The molecule has 0 aliphatic carbocycles. The highest BCUT2D eigenvalue weighted by molar-refractivity contribution is 5.38. The molecule has 0 atom stereocenters. The first kappa shape index (κ1) is 11.8. The first-order chi connectivity index (χ1) is 6.11. The molecule has 0 rings (SSSR count). The van der Waals surface area contributed by atoms with Crippen LogP contribution < -0.4 is 5.73 Å². The second kappa shape index (κ2) is 6.30. The van der Waals surface area contributed by atoms with Crippen LogP contribution in [0.5, 0.6) is 0 Å². The average Bonchev–Trinajstić information content (AvgIpc) is 2.04. The van der Waals surface area contributed by atoms with E-state index in [1.807, 2.05) is 12.2 Å². The lowest BCUT2D eigenvalue weighted by atomic mass is 10.0. The minimum Gasteiger partial charge on any atom is -0.404 e. The summed E-state index contributed by atoms with van der Waals surface area (Å²) in [5.41, 5.74) is 7.76. The molecule has 0 amide bonds. The van der Waals surface area contributed by atoms with Gasteiger partial charge in [0.05, 0.1) is 0 Å². The van der Waals surface area contributed by atoms with Crippen LogP contribution in [0.4, 0.5) is 0 Å². The fourth-order valence-electron chi connectivity index (χ4n) is 1.09. The third-order valence-electron chi connectivity index (χ3n) is 1.63. The summed E-state index contributed by atoms with van der Waals surface area (Å²) >= 11 is 0. The topological polar surface area (TPSA) is 26.0 Å². The van der Waals surface area contributed by atoms with Crippen LogP contribution in [-0.2, 0) is 0 Å². The van der Waals surface area contributed by atoms with Crippen LogP contribution in [0.3, 0.4) is 0 Å². The zero-order valence-corrected chi connectivity index (χ0v) is 8.75. The van der Waals surface area contributed by atoms with E-state index in [-0.39, 0.29) is 0 Å². The van der Waals surface area contributed by atoms with Crippen molar-refractivity contribution in [1.82, 2.24) is 0 Å². The fourth-order valence-corrected chi connectivity index (χ4v) is 1.09. The first-order valence-corrected chi connectivity index (χ1v) is 4.51. The molecule has 0 bridgehead atoms. The maximum atomic E-state index is 5.50. The molecule has 0 saturated heterocycles. The Morgan fingerprint density at radius 2 is 2.00 bits per heavy atom. The standard InChI is InChI=1S/C12H19N/c1-5-6-7-12(9-13)11(4)8-10(2)3/h5-10H,1,13H2,2-4H3/b7-6-,11-8+,12-9+. The Kier molecular flexibility index (Phi) is 5.69. The molecule has 0 aliphatic rings. The van der Waals surface area contributed by atoms with E-state index in [4.69, 9.17) is 5.73 Å².